The lowest BCUT2D eigenvalue weighted by Crippen LogP contribution is -1.99. The lowest BCUT2D eigenvalue weighted by atomic mass is 10.0. The molecule has 3 aromatic heterocycles. The maximum Gasteiger partial charge on any atom is 0.227 e. The van der Waals surface area contributed by atoms with Crippen molar-refractivity contribution in [3.05, 3.63) is 90.4 Å². The fraction of sp³-hybridized carbons (Fsp3) is 0.148. The van der Waals surface area contributed by atoms with E-state index in [-0.39, 0.29) is 0 Å². The van der Waals surface area contributed by atoms with E-state index in [1.54, 1.807) is 17.5 Å². The third-order valence-corrected chi connectivity index (χ3v) is 6.70. The van der Waals surface area contributed by atoms with Gasteiger partial charge in [-0.3, -0.25) is 0 Å². The van der Waals surface area contributed by atoms with Crippen molar-refractivity contribution in [1.29, 1.82) is 0 Å². The Balaban J connectivity index is 1.39. The standard InChI is InChI=1S/C27H25N5S/c1-17(2)20-5-4-6-21(15-20)23-11-12-24(33-23)25-18(3)16-30-27(32-25)31-22-9-7-19(8-10-22)26-28-13-14-29-26/h4-17H,1-3H3,(H,28,29)(H,30,31,32). The number of aromatic amines is 1. The molecule has 0 saturated heterocycles. The number of H-pyrrole nitrogens is 1. The van der Waals surface area contributed by atoms with Gasteiger partial charge in [0.25, 0.3) is 0 Å². The third-order valence-electron chi connectivity index (χ3n) is 5.56. The Kier molecular flexibility index (Phi) is 5.75. The van der Waals surface area contributed by atoms with Crippen LogP contribution in [0.25, 0.3) is 32.4 Å². The normalized spacial score (nSPS) is 11.2. The van der Waals surface area contributed by atoms with E-state index in [0.29, 0.717) is 11.9 Å². The number of thiophene rings is 1. The fourth-order valence-corrected chi connectivity index (χ4v) is 4.74. The predicted molar refractivity (Wildman–Crippen MR) is 137 cm³/mol. The molecule has 0 amide bonds. The summed E-state index contributed by atoms with van der Waals surface area (Å²) >= 11 is 1.76. The van der Waals surface area contributed by atoms with Gasteiger partial charge in [0.05, 0.1) is 10.6 Å². The number of benzene rings is 2. The lowest BCUT2D eigenvalue weighted by Gasteiger charge is -2.09. The van der Waals surface area contributed by atoms with Gasteiger partial charge in [0.1, 0.15) is 5.82 Å². The fourth-order valence-electron chi connectivity index (χ4n) is 3.69. The summed E-state index contributed by atoms with van der Waals surface area (Å²) in [5.41, 5.74) is 6.57. The summed E-state index contributed by atoms with van der Waals surface area (Å²) in [6.07, 6.45) is 5.45. The van der Waals surface area contributed by atoms with Crippen molar-refractivity contribution in [3.63, 3.8) is 0 Å². The van der Waals surface area contributed by atoms with Gasteiger partial charge in [-0.05, 0) is 65.9 Å². The molecule has 3 heterocycles. The molecule has 0 radical (unpaired) electrons. The highest BCUT2D eigenvalue weighted by molar-refractivity contribution is 7.18. The second-order valence-electron chi connectivity index (χ2n) is 8.31. The minimum absolute atomic E-state index is 0.510. The SMILES string of the molecule is Cc1cnc(Nc2ccc(-c3ncc[nH]3)cc2)nc1-c1ccc(-c2cccc(C(C)C)c2)s1. The molecule has 2 N–H and O–H groups in total. The van der Waals surface area contributed by atoms with Gasteiger partial charge in [0.2, 0.25) is 5.95 Å². The van der Waals surface area contributed by atoms with Crippen LogP contribution in [0.4, 0.5) is 11.6 Å². The Bertz CT molecular complexity index is 1370. The molecule has 164 valence electrons. The molecule has 0 atom stereocenters. The molecule has 33 heavy (non-hydrogen) atoms. The Hall–Kier alpha value is -3.77. The van der Waals surface area contributed by atoms with Crippen LogP contribution in [-0.2, 0) is 0 Å². The molecule has 0 aliphatic rings. The number of hydrogen-bond acceptors (Lipinski definition) is 5. The van der Waals surface area contributed by atoms with Crippen molar-refractivity contribution < 1.29 is 0 Å². The van der Waals surface area contributed by atoms with Crippen LogP contribution >= 0.6 is 11.3 Å². The largest absolute Gasteiger partial charge is 0.345 e. The zero-order chi connectivity index (χ0) is 22.8. The molecule has 0 unspecified atom stereocenters. The first kappa shape index (κ1) is 21.1. The Morgan fingerprint density at radius 2 is 1.73 bits per heavy atom. The topological polar surface area (TPSA) is 66.5 Å². The van der Waals surface area contributed by atoms with Crippen LogP contribution in [0.3, 0.4) is 0 Å². The average Bonchev–Trinajstić information content (AvgIpc) is 3.54. The van der Waals surface area contributed by atoms with E-state index in [1.165, 1.54) is 16.0 Å². The summed E-state index contributed by atoms with van der Waals surface area (Å²) in [7, 11) is 0. The minimum Gasteiger partial charge on any atom is -0.345 e. The van der Waals surface area contributed by atoms with Crippen molar-refractivity contribution in [2.24, 2.45) is 0 Å². The van der Waals surface area contributed by atoms with E-state index < -0.39 is 0 Å². The highest BCUT2D eigenvalue weighted by Crippen LogP contribution is 2.36. The molecule has 0 bridgehead atoms. The number of rotatable bonds is 6. The molecular formula is C27H25N5S. The van der Waals surface area contributed by atoms with E-state index in [0.717, 1.165) is 33.2 Å². The van der Waals surface area contributed by atoms with Crippen LogP contribution in [0, 0.1) is 6.92 Å². The zero-order valence-electron chi connectivity index (χ0n) is 18.8. The van der Waals surface area contributed by atoms with Gasteiger partial charge in [0, 0.05) is 34.7 Å². The molecule has 0 saturated carbocycles. The summed E-state index contributed by atoms with van der Waals surface area (Å²) in [4.78, 5) is 19.1. The van der Waals surface area contributed by atoms with E-state index in [1.807, 2.05) is 36.7 Å². The number of aryl methyl sites for hydroxylation is 1. The second-order valence-corrected chi connectivity index (χ2v) is 9.39. The van der Waals surface area contributed by atoms with Gasteiger partial charge in [-0.2, -0.15) is 0 Å². The van der Waals surface area contributed by atoms with Crippen molar-refractivity contribution >= 4 is 23.0 Å². The first-order chi connectivity index (χ1) is 16.1. The van der Waals surface area contributed by atoms with Crippen molar-refractivity contribution in [2.45, 2.75) is 26.7 Å². The Labute approximate surface area is 197 Å². The second kappa shape index (κ2) is 9.00. The van der Waals surface area contributed by atoms with E-state index in [2.05, 4.69) is 77.4 Å². The van der Waals surface area contributed by atoms with Crippen LogP contribution in [0.5, 0.6) is 0 Å². The monoisotopic (exact) mass is 451 g/mol. The molecule has 0 fully saturated rings. The quantitative estimate of drug-likeness (QED) is 0.281. The third kappa shape index (κ3) is 4.56. The highest BCUT2D eigenvalue weighted by atomic mass is 32.1. The van der Waals surface area contributed by atoms with Crippen molar-refractivity contribution in [1.82, 2.24) is 19.9 Å². The van der Waals surface area contributed by atoms with Crippen molar-refractivity contribution in [2.75, 3.05) is 5.32 Å². The van der Waals surface area contributed by atoms with Crippen LogP contribution in [0.1, 0.15) is 30.9 Å². The molecule has 0 aliphatic carbocycles. The van der Waals surface area contributed by atoms with Gasteiger partial charge < -0.3 is 10.3 Å². The van der Waals surface area contributed by atoms with E-state index in [4.69, 9.17) is 4.98 Å². The Morgan fingerprint density at radius 3 is 2.48 bits per heavy atom. The maximum atomic E-state index is 4.83. The number of anilines is 2. The molecular weight excluding hydrogens is 426 g/mol. The van der Waals surface area contributed by atoms with Crippen LogP contribution in [0.15, 0.2) is 79.3 Å². The molecule has 5 aromatic rings. The lowest BCUT2D eigenvalue weighted by molar-refractivity contribution is 0.867. The van der Waals surface area contributed by atoms with Gasteiger partial charge >= 0.3 is 0 Å². The smallest absolute Gasteiger partial charge is 0.227 e. The predicted octanol–water partition coefficient (Wildman–Crippen LogP) is 7.44. The van der Waals surface area contributed by atoms with Crippen molar-refractivity contribution in [3.8, 4) is 32.4 Å². The number of imidazole rings is 1. The first-order valence-electron chi connectivity index (χ1n) is 11.0. The molecule has 5 rings (SSSR count). The number of nitrogens with zero attached hydrogens (tertiary/aromatic N) is 3. The van der Waals surface area contributed by atoms with Gasteiger partial charge in [-0.25, -0.2) is 15.0 Å². The molecule has 6 heteroatoms. The highest BCUT2D eigenvalue weighted by Gasteiger charge is 2.12. The first-order valence-corrected chi connectivity index (χ1v) is 11.8. The molecule has 0 aliphatic heterocycles. The number of nitrogens with one attached hydrogen (secondary N) is 2. The minimum atomic E-state index is 0.510. The summed E-state index contributed by atoms with van der Waals surface area (Å²) in [6.45, 7) is 6.50. The summed E-state index contributed by atoms with van der Waals surface area (Å²) < 4.78 is 0. The number of hydrogen-bond donors (Lipinski definition) is 2. The summed E-state index contributed by atoms with van der Waals surface area (Å²) in [5, 5.41) is 3.32. The van der Waals surface area contributed by atoms with Gasteiger partial charge in [0.15, 0.2) is 0 Å². The van der Waals surface area contributed by atoms with Crippen LogP contribution in [-0.4, -0.2) is 19.9 Å². The Morgan fingerprint density at radius 1 is 0.909 bits per heavy atom. The van der Waals surface area contributed by atoms with E-state index in [9.17, 15) is 0 Å². The molecule has 0 spiro atoms. The van der Waals surface area contributed by atoms with Crippen LogP contribution in [0.2, 0.25) is 0 Å². The zero-order valence-corrected chi connectivity index (χ0v) is 19.6. The summed E-state index contributed by atoms with van der Waals surface area (Å²) in [6, 6.07) is 21.2. The van der Waals surface area contributed by atoms with Crippen LogP contribution < -0.4 is 5.32 Å². The van der Waals surface area contributed by atoms with E-state index >= 15 is 0 Å². The van der Waals surface area contributed by atoms with Gasteiger partial charge in [-0.15, -0.1) is 11.3 Å². The average molecular weight is 452 g/mol. The van der Waals surface area contributed by atoms with Gasteiger partial charge in [-0.1, -0.05) is 38.1 Å². The maximum absolute atomic E-state index is 4.83. The molecule has 2 aromatic carbocycles. The number of aromatic nitrogens is 4. The summed E-state index contributed by atoms with van der Waals surface area (Å²) in [5.74, 6) is 1.94. The molecule has 5 nitrogen and oxygen atoms in total.